The topological polar surface area (TPSA) is 61.0 Å². The second kappa shape index (κ2) is 4.25. The summed E-state index contributed by atoms with van der Waals surface area (Å²) in [5.74, 6) is 0.0959. The molecule has 2 N–H and O–H groups in total. The van der Waals surface area contributed by atoms with Gasteiger partial charge in [-0.05, 0) is 31.4 Å². The normalized spacial score (nSPS) is 13.4. The minimum atomic E-state index is -0.486. The first kappa shape index (κ1) is 11.0. The molecule has 92 valence electrons. The van der Waals surface area contributed by atoms with Gasteiger partial charge in [-0.2, -0.15) is 0 Å². The lowest BCUT2D eigenvalue weighted by Crippen LogP contribution is -1.98. The summed E-state index contributed by atoms with van der Waals surface area (Å²) in [5, 5.41) is 0. The molecule has 18 heavy (non-hydrogen) atoms. The van der Waals surface area contributed by atoms with Crippen molar-refractivity contribution >= 4 is 5.69 Å². The number of aryl methyl sites for hydroxylation is 1. The molecular formula is C13H12FN3O. The second-order valence-corrected chi connectivity index (χ2v) is 4.25. The Hall–Kier alpha value is -2.17. The van der Waals surface area contributed by atoms with Gasteiger partial charge in [-0.3, -0.25) is 0 Å². The highest BCUT2D eigenvalue weighted by Crippen LogP contribution is 2.31. The van der Waals surface area contributed by atoms with Crippen molar-refractivity contribution in [3.63, 3.8) is 0 Å². The number of rotatable bonds is 2. The molecule has 2 aromatic rings. The number of nitrogens with zero attached hydrogens (tertiary/aromatic N) is 2. The summed E-state index contributed by atoms with van der Waals surface area (Å²) in [6.07, 6.45) is 4.30. The number of anilines is 1. The molecule has 0 saturated heterocycles. The summed E-state index contributed by atoms with van der Waals surface area (Å²) in [7, 11) is 0. The zero-order valence-electron chi connectivity index (χ0n) is 9.69. The Morgan fingerprint density at radius 3 is 2.94 bits per heavy atom. The van der Waals surface area contributed by atoms with E-state index in [-0.39, 0.29) is 5.75 Å². The number of hydrogen-bond acceptors (Lipinski definition) is 4. The highest BCUT2D eigenvalue weighted by atomic mass is 19.1. The van der Waals surface area contributed by atoms with E-state index in [1.807, 2.05) is 0 Å². The van der Waals surface area contributed by atoms with E-state index in [0.29, 0.717) is 11.6 Å². The lowest BCUT2D eigenvalue weighted by atomic mass is 10.2. The standard InChI is InChI=1S/C13H12FN3O/c14-10-6-8(15)4-5-12(10)18-13-9-2-1-3-11(9)16-7-17-13/h4-7H,1-3,15H2. The highest BCUT2D eigenvalue weighted by molar-refractivity contribution is 5.45. The molecule has 0 amide bonds. The van der Waals surface area contributed by atoms with E-state index in [1.165, 1.54) is 18.5 Å². The summed E-state index contributed by atoms with van der Waals surface area (Å²) >= 11 is 0. The van der Waals surface area contributed by atoms with E-state index in [4.69, 9.17) is 10.5 Å². The molecule has 4 nitrogen and oxygen atoms in total. The lowest BCUT2D eigenvalue weighted by molar-refractivity contribution is 0.422. The van der Waals surface area contributed by atoms with Crippen molar-refractivity contribution in [2.45, 2.75) is 19.3 Å². The lowest BCUT2D eigenvalue weighted by Gasteiger charge is -2.09. The zero-order chi connectivity index (χ0) is 12.5. The van der Waals surface area contributed by atoms with Gasteiger partial charge in [-0.1, -0.05) is 0 Å². The van der Waals surface area contributed by atoms with E-state index in [2.05, 4.69) is 9.97 Å². The molecule has 0 fully saturated rings. The summed E-state index contributed by atoms with van der Waals surface area (Å²) in [6.45, 7) is 0. The molecule has 0 atom stereocenters. The van der Waals surface area contributed by atoms with Gasteiger partial charge in [0.15, 0.2) is 11.6 Å². The van der Waals surface area contributed by atoms with Crippen molar-refractivity contribution in [2.75, 3.05) is 5.73 Å². The van der Waals surface area contributed by atoms with E-state index in [9.17, 15) is 4.39 Å². The number of nitrogen functional groups attached to an aromatic ring is 1. The van der Waals surface area contributed by atoms with Crippen LogP contribution in [-0.2, 0) is 12.8 Å². The first-order chi connectivity index (χ1) is 8.74. The van der Waals surface area contributed by atoms with Crippen LogP contribution in [0.5, 0.6) is 11.6 Å². The van der Waals surface area contributed by atoms with Crippen LogP contribution in [0.15, 0.2) is 24.5 Å². The van der Waals surface area contributed by atoms with Crippen molar-refractivity contribution < 1.29 is 9.13 Å². The van der Waals surface area contributed by atoms with Crippen LogP contribution in [0.4, 0.5) is 10.1 Å². The van der Waals surface area contributed by atoms with Crippen LogP contribution in [0.25, 0.3) is 0 Å². The maximum Gasteiger partial charge on any atom is 0.225 e. The zero-order valence-corrected chi connectivity index (χ0v) is 9.69. The quantitative estimate of drug-likeness (QED) is 0.826. The van der Waals surface area contributed by atoms with Crippen LogP contribution < -0.4 is 10.5 Å². The number of aromatic nitrogens is 2. The minimum Gasteiger partial charge on any atom is -0.436 e. The van der Waals surface area contributed by atoms with Gasteiger partial charge in [-0.25, -0.2) is 14.4 Å². The van der Waals surface area contributed by atoms with Crippen LogP contribution in [0, 0.1) is 5.82 Å². The molecular weight excluding hydrogens is 233 g/mol. The van der Waals surface area contributed by atoms with Gasteiger partial charge < -0.3 is 10.5 Å². The van der Waals surface area contributed by atoms with Crippen molar-refractivity contribution in [3.8, 4) is 11.6 Å². The predicted molar refractivity (Wildman–Crippen MR) is 64.9 cm³/mol. The van der Waals surface area contributed by atoms with Crippen molar-refractivity contribution in [1.82, 2.24) is 9.97 Å². The van der Waals surface area contributed by atoms with Gasteiger partial charge >= 0.3 is 0 Å². The third kappa shape index (κ3) is 1.88. The molecule has 0 unspecified atom stereocenters. The molecule has 1 aromatic heterocycles. The summed E-state index contributed by atoms with van der Waals surface area (Å²) < 4.78 is 19.2. The predicted octanol–water partition coefficient (Wildman–Crippen LogP) is 2.48. The van der Waals surface area contributed by atoms with Crippen molar-refractivity contribution in [1.29, 1.82) is 0 Å². The van der Waals surface area contributed by atoms with Gasteiger partial charge in [0.25, 0.3) is 0 Å². The number of nitrogens with two attached hydrogens (primary N) is 1. The SMILES string of the molecule is Nc1ccc(Oc2ncnc3c2CCC3)c(F)c1. The van der Waals surface area contributed by atoms with Gasteiger partial charge in [0.2, 0.25) is 5.88 Å². The molecule has 1 aliphatic carbocycles. The number of halogens is 1. The van der Waals surface area contributed by atoms with E-state index in [1.54, 1.807) is 6.07 Å². The number of benzene rings is 1. The smallest absolute Gasteiger partial charge is 0.225 e. The third-order valence-corrected chi connectivity index (χ3v) is 3.00. The van der Waals surface area contributed by atoms with Crippen LogP contribution in [0.2, 0.25) is 0 Å². The molecule has 1 heterocycles. The third-order valence-electron chi connectivity index (χ3n) is 3.00. The Kier molecular flexibility index (Phi) is 2.59. The molecule has 0 aliphatic heterocycles. The first-order valence-corrected chi connectivity index (χ1v) is 5.79. The average molecular weight is 245 g/mol. The largest absolute Gasteiger partial charge is 0.436 e. The molecule has 0 radical (unpaired) electrons. The molecule has 1 aromatic carbocycles. The number of ether oxygens (including phenoxy) is 1. The van der Waals surface area contributed by atoms with Gasteiger partial charge in [0.1, 0.15) is 6.33 Å². The van der Waals surface area contributed by atoms with Crippen LogP contribution in [-0.4, -0.2) is 9.97 Å². The van der Waals surface area contributed by atoms with E-state index < -0.39 is 5.82 Å². The van der Waals surface area contributed by atoms with E-state index in [0.717, 1.165) is 30.5 Å². The van der Waals surface area contributed by atoms with E-state index >= 15 is 0 Å². The fourth-order valence-corrected chi connectivity index (χ4v) is 2.12. The second-order valence-electron chi connectivity index (χ2n) is 4.25. The maximum atomic E-state index is 13.6. The average Bonchev–Trinajstić information content (AvgIpc) is 2.82. The molecule has 5 heteroatoms. The first-order valence-electron chi connectivity index (χ1n) is 5.79. The van der Waals surface area contributed by atoms with Crippen molar-refractivity contribution in [2.24, 2.45) is 0 Å². The number of hydrogen-bond donors (Lipinski definition) is 1. The number of fused-ring (bicyclic) bond motifs is 1. The fraction of sp³-hybridized carbons (Fsp3) is 0.231. The molecule has 1 aliphatic rings. The molecule has 0 spiro atoms. The van der Waals surface area contributed by atoms with Gasteiger partial charge in [0, 0.05) is 17.3 Å². The Bertz CT molecular complexity index is 601. The summed E-state index contributed by atoms with van der Waals surface area (Å²) in [4.78, 5) is 8.27. The Morgan fingerprint density at radius 2 is 2.11 bits per heavy atom. The minimum absolute atomic E-state index is 0.136. The van der Waals surface area contributed by atoms with Crippen molar-refractivity contribution in [3.05, 3.63) is 41.6 Å². The van der Waals surface area contributed by atoms with Crippen LogP contribution >= 0.6 is 0 Å². The molecule has 0 bridgehead atoms. The Balaban J connectivity index is 1.95. The Labute approximate surface area is 104 Å². The fourth-order valence-electron chi connectivity index (χ4n) is 2.12. The summed E-state index contributed by atoms with van der Waals surface area (Å²) in [5.41, 5.74) is 7.83. The molecule has 0 saturated carbocycles. The van der Waals surface area contributed by atoms with Crippen LogP contribution in [0.1, 0.15) is 17.7 Å². The van der Waals surface area contributed by atoms with Crippen LogP contribution in [0.3, 0.4) is 0 Å². The summed E-state index contributed by atoms with van der Waals surface area (Å²) in [6, 6.07) is 4.34. The van der Waals surface area contributed by atoms with Gasteiger partial charge in [-0.15, -0.1) is 0 Å². The maximum absolute atomic E-state index is 13.6. The monoisotopic (exact) mass is 245 g/mol. The molecule has 3 rings (SSSR count). The Morgan fingerprint density at radius 1 is 1.22 bits per heavy atom. The van der Waals surface area contributed by atoms with Gasteiger partial charge in [0.05, 0.1) is 5.69 Å². The highest BCUT2D eigenvalue weighted by Gasteiger charge is 2.19.